The van der Waals surface area contributed by atoms with Gasteiger partial charge in [-0.15, -0.1) is 0 Å². The second kappa shape index (κ2) is 8.76. The third-order valence-electron chi connectivity index (χ3n) is 6.18. The van der Waals surface area contributed by atoms with Gasteiger partial charge >= 0.3 is 0 Å². The molecule has 0 fully saturated rings. The van der Waals surface area contributed by atoms with Gasteiger partial charge in [-0.2, -0.15) is 0 Å². The molecule has 0 bridgehead atoms. The van der Waals surface area contributed by atoms with Gasteiger partial charge in [0, 0.05) is 0 Å². The molecular formula is C26H42N2O2Si. The summed E-state index contributed by atoms with van der Waals surface area (Å²) >= 11 is 0. The fourth-order valence-electron chi connectivity index (χ4n) is 3.08. The molecule has 172 valence electrons. The standard InChI is InChI=1S/C26H42N2O2Si/c1-24(2,3)22(29)20-16-12-14-18(27-20)19-15-13-17-21(28-19)23(25(4,5)6)30-31(10,11)26(7,8)9/h12-17,22-23,29H,1-11H3/t22-,23-/m1/s1. The van der Waals surface area contributed by atoms with Crippen LogP contribution in [0.15, 0.2) is 36.4 Å². The van der Waals surface area contributed by atoms with E-state index in [0.717, 1.165) is 17.1 Å². The van der Waals surface area contributed by atoms with Crippen LogP contribution in [0.3, 0.4) is 0 Å². The summed E-state index contributed by atoms with van der Waals surface area (Å²) in [7, 11) is -1.99. The molecule has 2 aromatic heterocycles. The molecule has 2 heterocycles. The van der Waals surface area contributed by atoms with Crippen LogP contribution in [0.5, 0.6) is 0 Å². The zero-order valence-electron chi connectivity index (χ0n) is 21.4. The highest BCUT2D eigenvalue weighted by molar-refractivity contribution is 6.74. The van der Waals surface area contributed by atoms with Crippen molar-refractivity contribution in [2.45, 2.75) is 92.7 Å². The van der Waals surface area contributed by atoms with E-state index in [0.29, 0.717) is 5.69 Å². The minimum absolute atomic E-state index is 0.0984. The Morgan fingerprint density at radius 1 is 0.742 bits per heavy atom. The molecule has 1 N–H and O–H groups in total. The second-order valence-electron chi connectivity index (χ2n) is 12.3. The largest absolute Gasteiger partial charge is 0.408 e. The maximum Gasteiger partial charge on any atom is 0.193 e. The van der Waals surface area contributed by atoms with Crippen LogP contribution in [-0.4, -0.2) is 23.4 Å². The Morgan fingerprint density at radius 2 is 1.19 bits per heavy atom. The summed E-state index contributed by atoms with van der Waals surface area (Å²) in [5, 5.41) is 10.8. The van der Waals surface area contributed by atoms with Gasteiger partial charge in [0.15, 0.2) is 8.32 Å². The first kappa shape index (κ1) is 25.7. The molecule has 2 aromatic rings. The summed E-state index contributed by atoms with van der Waals surface area (Å²) in [6, 6.07) is 11.8. The molecule has 4 nitrogen and oxygen atoms in total. The van der Waals surface area contributed by atoms with Crippen LogP contribution in [0, 0.1) is 10.8 Å². The predicted octanol–water partition coefficient (Wildman–Crippen LogP) is 7.33. The fraction of sp³-hybridized carbons (Fsp3) is 0.615. The zero-order valence-corrected chi connectivity index (χ0v) is 22.4. The quantitative estimate of drug-likeness (QED) is 0.492. The average molecular weight is 443 g/mol. The van der Waals surface area contributed by atoms with Crippen molar-refractivity contribution in [1.82, 2.24) is 9.97 Å². The molecule has 0 unspecified atom stereocenters. The third kappa shape index (κ3) is 6.24. The highest BCUT2D eigenvalue weighted by atomic mass is 28.4. The van der Waals surface area contributed by atoms with E-state index >= 15 is 0 Å². The average Bonchev–Trinajstić information content (AvgIpc) is 2.63. The minimum Gasteiger partial charge on any atom is -0.408 e. The van der Waals surface area contributed by atoms with Crippen molar-refractivity contribution in [3.63, 3.8) is 0 Å². The van der Waals surface area contributed by atoms with Crippen molar-refractivity contribution in [2.75, 3.05) is 0 Å². The highest BCUT2D eigenvalue weighted by Gasteiger charge is 2.42. The Morgan fingerprint density at radius 3 is 1.61 bits per heavy atom. The second-order valence-corrected chi connectivity index (χ2v) is 17.0. The van der Waals surface area contributed by atoms with Gasteiger partial charge in [0.2, 0.25) is 0 Å². The lowest BCUT2D eigenvalue weighted by Crippen LogP contribution is -2.44. The lowest BCUT2D eigenvalue weighted by Gasteiger charge is -2.43. The normalized spacial score (nSPS) is 15.6. The van der Waals surface area contributed by atoms with Crippen LogP contribution in [0.1, 0.15) is 85.9 Å². The lowest BCUT2D eigenvalue weighted by molar-refractivity contribution is 0.0590. The Bertz CT molecular complexity index is 889. The summed E-state index contributed by atoms with van der Waals surface area (Å²) < 4.78 is 6.87. The molecule has 0 aliphatic carbocycles. The van der Waals surface area contributed by atoms with Gasteiger partial charge in [-0.25, -0.2) is 9.97 Å². The van der Waals surface area contributed by atoms with E-state index in [2.05, 4.69) is 60.7 Å². The topological polar surface area (TPSA) is 55.2 Å². The first-order valence-electron chi connectivity index (χ1n) is 11.2. The molecule has 0 aromatic carbocycles. The van der Waals surface area contributed by atoms with Crippen LogP contribution in [0.2, 0.25) is 18.1 Å². The maximum atomic E-state index is 10.7. The Labute approximate surface area is 190 Å². The van der Waals surface area contributed by atoms with Crippen molar-refractivity contribution in [3.05, 3.63) is 47.8 Å². The molecule has 31 heavy (non-hydrogen) atoms. The lowest BCUT2D eigenvalue weighted by atomic mass is 9.86. The minimum atomic E-state index is -1.99. The number of rotatable bonds is 5. The van der Waals surface area contributed by atoms with E-state index in [1.54, 1.807) is 0 Å². The summed E-state index contributed by atoms with van der Waals surface area (Å²) in [6.45, 7) is 24.0. The molecule has 0 spiro atoms. The van der Waals surface area contributed by atoms with E-state index in [1.165, 1.54) is 0 Å². The van der Waals surface area contributed by atoms with Crippen LogP contribution >= 0.6 is 0 Å². The van der Waals surface area contributed by atoms with Gasteiger partial charge in [0.1, 0.15) is 6.10 Å². The number of hydrogen-bond donors (Lipinski definition) is 1. The molecule has 0 saturated heterocycles. The first-order valence-corrected chi connectivity index (χ1v) is 14.1. The molecule has 0 amide bonds. The number of hydrogen-bond acceptors (Lipinski definition) is 4. The highest BCUT2D eigenvalue weighted by Crippen LogP contribution is 2.44. The molecule has 5 heteroatoms. The summed E-state index contributed by atoms with van der Waals surface area (Å²) in [5.74, 6) is 0. The van der Waals surface area contributed by atoms with Crippen LogP contribution in [-0.2, 0) is 4.43 Å². The van der Waals surface area contributed by atoms with E-state index in [4.69, 9.17) is 14.4 Å². The summed E-state index contributed by atoms with van der Waals surface area (Å²) in [5.41, 5.74) is 2.78. The first-order chi connectivity index (χ1) is 13.9. The predicted molar refractivity (Wildman–Crippen MR) is 132 cm³/mol. The van der Waals surface area contributed by atoms with Gasteiger partial charge in [-0.1, -0.05) is 74.4 Å². The number of aromatic nitrogens is 2. The zero-order chi connectivity index (χ0) is 23.8. The molecule has 0 aliphatic heterocycles. The van der Waals surface area contributed by atoms with Crippen molar-refractivity contribution < 1.29 is 9.53 Å². The van der Waals surface area contributed by atoms with Gasteiger partial charge in [0.25, 0.3) is 0 Å². The van der Waals surface area contributed by atoms with Crippen molar-refractivity contribution in [1.29, 1.82) is 0 Å². The number of pyridine rings is 2. The van der Waals surface area contributed by atoms with E-state index in [9.17, 15) is 5.11 Å². The fourth-order valence-corrected chi connectivity index (χ4v) is 4.50. The molecule has 2 atom stereocenters. The molecule has 0 saturated carbocycles. The van der Waals surface area contributed by atoms with Crippen LogP contribution in [0.4, 0.5) is 0 Å². The van der Waals surface area contributed by atoms with Gasteiger partial charge in [0.05, 0.1) is 28.9 Å². The summed E-state index contributed by atoms with van der Waals surface area (Å²) in [4.78, 5) is 9.73. The van der Waals surface area contributed by atoms with Gasteiger partial charge in [-0.05, 0) is 53.2 Å². The Kier molecular flexibility index (Phi) is 7.26. The van der Waals surface area contributed by atoms with Gasteiger partial charge < -0.3 is 9.53 Å². The van der Waals surface area contributed by atoms with E-state index < -0.39 is 14.4 Å². The van der Waals surface area contributed by atoms with E-state index in [1.807, 2.05) is 51.1 Å². The van der Waals surface area contributed by atoms with E-state index in [-0.39, 0.29) is 22.0 Å². The smallest absolute Gasteiger partial charge is 0.193 e. The number of nitrogens with zero attached hydrogens (tertiary/aromatic N) is 2. The molecule has 0 radical (unpaired) electrons. The van der Waals surface area contributed by atoms with Gasteiger partial charge in [-0.3, -0.25) is 0 Å². The number of aliphatic hydroxyl groups excluding tert-OH is 1. The molecular weight excluding hydrogens is 400 g/mol. The Balaban J connectivity index is 2.48. The summed E-state index contributed by atoms with van der Waals surface area (Å²) in [6.07, 6.45) is -0.753. The third-order valence-corrected chi connectivity index (χ3v) is 10.6. The van der Waals surface area contributed by atoms with Crippen molar-refractivity contribution >= 4 is 8.32 Å². The molecule has 2 rings (SSSR count). The van der Waals surface area contributed by atoms with Crippen molar-refractivity contribution in [2.24, 2.45) is 10.8 Å². The monoisotopic (exact) mass is 442 g/mol. The van der Waals surface area contributed by atoms with Crippen molar-refractivity contribution in [3.8, 4) is 11.4 Å². The SMILES string of the molecule is CC(C)(C)[C@H](O)c1cccc(-c2cccc([C@@H](O[Si](C)(C)C(C)(C)C)C(C)(C)C)n2)n1. The maximum absolute atomic E-state index is 10.7. The molecule has 0 aliphatic rings. The number of aliphatic hydroxyl groups is 1. The van der Waals surface area contributed by atoms with Crippen LogP contribution in [0.25, 0.3) is 11.4 Å². The Hall–Kier alpha value is -1.56. The van der Waals surface area contributed by atoms with Crippen LogP contribution < -0.4 is 0 Å².